The molecule has 12 atom stereocenters. The molecule has 2 aliphatic heterocycles. The summed E-state index contributed by atoms with van der Waals surface area (Å²) in [5, 5.41) is 10.3. The average Bonchev–Trinajstić information content (AvgIpc) is 3.08. The van der Waals surface area contributed by atoms with E-state index in [9.17, 15) is 9.90 Å². The average molecular weight is 414 g/mol. The largest absolute Gasteiger partial charge is 0.393 e. The molecule has 0 amide bonds. The van der Waals surface area contributed by atoms with Crippen molar-refractivity contribution < 1.29 is 9.90 Å². The summed E-state index contributed by atoms with van der Waals surface area (Å²) in [6.45, 7) is 10.1. The SMILES string of the molecule is CC1CC(C)C2CC3CCC4C(CC5C4CC(=O)C4CC(O)CCC45C)C3CN2C1. The summed E-state index contributed by atoms with van der Waals surface area (Å²) >= 11 is 0. The molecule has 1 N–H and O–H groups in total. The van der Waals surface area contributed by atoms with Gasteiger partial charge in [-0.3, -0.25) is 9.69 Å². The first-order chi connectivity index (χ1) is 14.3. The minimum atomic E-state index is -0.241. The molecule has 12 unspecified atom stereocenters. The Labute approximate surface area is 183 Å². The fourth-order valence-electron chi connectivity index (χ4n) is 10.3. The first-order valence-corrected chi connectivity index (χ1v) is 13.3. The van der Waals surface area contributed by atoms with Crippen LogP contribution in [0.3, 0.4) is 0 Å². The van der Waals surface area contributed by atoms with Gasteiger partial charge in [0.25, 0.3) is 0 Å². The maximum Gasteiger partial charge on any atom is 0.136 e. The first kappa shape index (κ1) is 20.2. The van der Waals surface area contributed by atoms with Gasteiger partial charge in [-0.05, 0) is 104 Å². The molecule has 0 spiro atoms. The third-order valence-electron chi connectivity index (χ3n) is 11.6. The van der Waals surface area contributed by atoms with Crippen molar-refractivity contribution in [3.8, 4) is 0 Å². The Bertz CT molecular complexity index is 707. The van der Waals surface area contributed by atoms with Crippen molar-refractivity contribution in [1.82, 2.24) is 4.90 Å². The molecule has 0 aromatic carbocycles. The van der Waals surface area contributed by atoms with Crippen LogP contribution in [0.1, 0.15) is 78.6 Å². The summed E-state index contributed by atoms with van der Waals surface area (Å²) in [4.78, 5) is 16.1. The maximum atomic E-state index is 13.2. The summed E-state index contributed by atoms with van der Waals surface area (Å²) in [6, 6.07) is 0.839. The Morgan fingerprint density at radius 2 is 1.77 bits per heavy atom. The van der Waals surface area contributed by atoms with Gasteiger partial charge in [0.1, 0.15) is 5.78 Å². The lowest BCUT2D eigenvalue weighted by atomic mass is 9.51. The fraction of sp³-hybridized carbons (Fsp3) is 0.963. The Morgan fingerprint density at radius 1 is 0.933 bits per heavy atom. The first-order valence-electron chi connectivity index (χ1n) is 13.3. The lowest BCUT2D eigenvalue weighted by Gasteiger charge is -2.55. The number of hydrogen-bond acceptors (Lipinski definition) is 3. The third-order valence-corrected chi connectivity index (χ3v) is 11.6. The van der Waals surface area contributed by atoms with E-state index in [-0.39, 0.29) is 17.4 Å². The number of aliphatic hydroxyl groups is 1. The van der Waals surface area contributed by atoms with Gasteiger partial charge in [0.05, 0.1) is 6.10 Å². The van der Waals surface area contributed by atoms with Crippen molar-refractivity contribution in [2.24, 2.45) is 58.7 Å². The van der Waals surface area contributed by atoms with Crippen molar-refractivity contribution >= 4 is 5.78 Å². The summed E-state index contributed by atoms with van der Waals surface area (Å²) < 4.78 is 0. The molecule has 30 heavy (non-hydrogen) atoms. The Hall–Kier alpha value is -0.410. The highest BCUT2D eigenvalue weighted by molar-refractivity contribution is 5.83. The van der Waals surface area contributed by atoms with Crippen LogP contribution in [0.4, 0.5) is 0 Å². The molecular formula is C27H43NO2. The molecule has 6 fully saturated rings. The fourth-order valence-corrected chi connectivity index (χ4v) is 10.3. The zero-order chi connectivity index (χ0) is 20.8. The van der Waals surface area contributed by atoms with E-state index in [1.807, 2.05) is 0 Å². The van der Waals surface area contributed by atoms with E-state index in [4.69, 9.17) is 0 Å². The van der Waals surface area contributed by atoms with E-state index in [0.717, 1.165) is 73.2 Å². The molecule has 0 radical (unpaired) electrons. The highest BCUT2D eigenvalue weighted by Gasteiger charge is 2.62. The summed E-state index contributed by atoms with van der Waals surface area (Å²) in [6.07, 6.45) is 10.4. The molecule has 2 heterocycles. The molecule has 168 valence electrons. The number of piperidine rings is 2. The van der Waals surface area contributed by atoms with Crippen LogP contribution in [0, 0.1) is 58.7 Å². The molecular weight excluding hydrogens is 370 g/mol. The van der Waals surface area contributed by atoms with Crippen LogP contribution < -0.4 is 0 Å². The van der Waals surface area contributed by atoms with Gasteiger partial charge in [0.2, 0.25) is 0 Å². The van der Waals surface area contributed by atoms with Crippen molar-refractivity contribution in [3.05, 3.63) is 0 Å². The number of hydrogen-bond donors (Lipinski definition) is 1. The maximum absolute atomic E-state index is 13.2. The van der Waals surface area contributed by atoms with E-state index < -0.39 is 0 Å². The van der Waals surface area contributed by atoms with Gasteiger partial charge in [-0.2, -0.15) is 0 Å². The zero-order valence-electron chi connectivity index (χ0n) is 19.4. The quantitative estimate of drug-likeness (QED) is 0.622. The third kappa shape index (κ3) is 2.86. The second-order valence-corrected chi connectivity index (χ2v) is 13.1. The van der Waals surface area contributed by atoms with Crippen molar-refractivity contribution in [2.45, 2.75) is 90.7 Å². The standard InChI is InChI=1S/C27H43NO2/c1-15-8-16(2)25-9-17-4-5-19-20(22(17)14-28(25)13-15)11-23-21(19)12-26(30)24-10-18(29)6-7-27(23,24)3/h15-25,29H,4-14H2,1-3H3. The summed E-state index contributed by atoms with van der Waals surface area (Å²) in [5.41, 5.74) is 0.164. The predicted molar refractivity (Wildman–Crippen MR) is 119 cm³/mol. The summed E-state index contributed by atoms with van der Waals surface area (Å²) in [7, 11) is 0. The van der Waals surface area contributed by atoms with Crippen molar-refractivity contribution in [2.75, 3.05) is 13.1 Å². The van der Waals surface area contributed by atoms with Gasteiger partial charge in [0.15, 0.2) is 0 Å². The number of rotatable bonds is 0. The van der Waals surface area contributed by atoms with Gasteiger partial charge in [-0.15, -0.1) is 0 Å². The van der Waals surface area contributed by atoms with E-state index in [0.29, 0.717) is 11.7 Å². The van der Waals surface area contributed by atoms with Crippen LogP contribution in [0.25, 0.3) is 0 Å². The number of Topliss-reactive ketones (excluding diaryl/α,β-unsaturated/α-hetero) is 1. The molecule has 3 heteroatoms. The highest BCUT2D eigenvalue weighted by atomic mass is 16.3. The summed E-state index contributed by atoms with van der Waals surface area (Å²) in [5.74, 6) is 7.23. The lowest BCUT2D eigenvalue weighted by Crippen LogP contribution is -2.57. The van der Waals surface area contributed by atoms with Gasteiger partial charge in [-0.1, -0.05) is 20.8 Å². The van der Waals surface area contributed by atoms with Crippen LogP contribution in [0.2, 0.25) is 0 Å². The zero-order valence-corrected chi connectivity index (χ0v) is 19.4. The van der Waals surface area contributed by atoms with Crippen LogP contribution >= 0.6 is 0 Å². The number of carbonyl (C=O) groups excluding carboxylic acids is 1. The Morgan fingerprint density at radius 3 is 2.60 bits per heavy atom. The van der Waals surface area contributed by atoms with E-state index in [1.54, 1.807) is 0 Å². The van der Waals surface area contributed by atoms with Gasteiger partial charge in [-0.25, -0.2) is 0 Å². The number of ketones is 1. The van der Waals surface area contributed by atoms with E-state index >= 15 is 0 Å². The Balaban J connectivity index is 1.26. The normalized spacial score (nSPS) is 58.3. The van der Waals surface area contributed by atoms with Gasteiger partial charge in [0, 0.05) is 31.5 Å². The van der Waals surface area contributed by atoms with Gasteiger partial charge < -0.3 is 5.11 Å². The molecule has 3 nitrogen and oxygen atoms in total. The number of fused-ring (bicyclic) bond motifs is 8. The smallest absolute Gasteiger partial charge is 0.136 e. The van der Waals surface area contributed by atoms with Crippen LogP contribution in [0.5, 0.6) is 0 Å². The number of aliphatic hydroxyl groups excluding tert-OH is 1. The molecule has 0 bridgehead atoms. The lowest BCUT2D eigenvalue weighted by molar-refractivity contribution is -0.145. The molecule has 6 rings (SSSR count). The molecule has 0 aromatic heterocycles. The molecule has 2 saturated heterocycles. The van der Waals surface area contributed by atoms with E-state index in [1.165, 1.54) is 45.2 Å². The van der Waals surface area contributed by atoms with Crippen LogP contribution in [-0.2, 0) is 4.79 Å². The topological polar surface area (TPSA) is 40.5 Å². The second kappa shape index (κ2) is 7.04. The number of nitrogens with zero attached hydrogens (tertiary/aromatic N) is 1. The van der Waals surface area contributed by atoms with E-state index in [2.05, 4.69) is 25.7 Å². The van der Waals surface area contributed by atoms with Crippen molar-refractivity contribution in [1.29, 1.82) is 0 Å². The minimum Gasteiger partial charge on any atom is -0.393 e. The van der Waals surface area contributed by atoms with Crippen LogP contribution in [0.15, 0.2) is 0 Å². The highest BCUT2D eigenvalue weighted by Crippen LogP contribution is 2.66. The number of carbonyl (C=O) groups is 1. The minimum absolute atomic E-state index is 0.137. The van der Waals surface area contributed by atoms with Crippen LogP contribution in [-0.4, -0.2) is 41.0 Å². The Kier molecular flexibility index (Phi) is 4.75. The second-order valence-electron chi connectivity index (χ2n) is 13.1. The molecule has 4 saturated carbocycles. The molecule has 6 aliphatic rings. The molecule has 4 aliphatic carbocycles. The monoisotopic (exact) mass is 413 g/mol. The predicted octanol–water partition coefficient (Wildman–Crippen LogP) is 4.77. The van der Waals surface area contributed by atoms with Crippen molar-refractivity contribution in [3.63, 3.8) is 0 Å². The van der Waals surface area contributed by atoms with Gasteiger partial charge >= 0.3 is 0 Å². The molecule has 0 aromatic rings.